The topological polar surface area (TPSA) is 86.6 Å². The molecule has 0 aliphatic carbocycles. The smallest absolute Gasteiger partial charge is 0.337 e. The molecule has 0 fully saturated rings. The van der Waals surface area contributed by atoms with E-state index < -0.39 is 17.5 Å². The number of aliphatic carboxylic acids is 2. The summed E-state index contributed by atoms with van der Waals surface area (Å²) in [5.41, 5.74) is -1.17. The SMILES string of the molecule is CC1(C(=O)O)C=CC(C(=O)O)=CN1. The lowest BCUT2D eigenvalue weighted by Gasteiger charge is -2.24. The molecule has 0 radical (unpaired) electrons. The second kappa shape index (κ2) is 2.93. The molecule has 1 unspecified atom stereocenters. The molecule has 70 valence electrons. The molecule has 13 heavy (non-hydrogen) atoms. The van der Waals surface area contributed by atoms with Gasteiger partial charge in [-0.2, -0.15) is 0 Å². The van der Waals surface area contributed by atoms with E-state index in [0.29, 0.717) is 0 Å². The monoisotopic (exact) mass is 183 g/mol. The van der Waals surface area contributed by atoms with Crippen molar-refractivity contribution in [1.82, 2.24) is 5.32 Å². The minimum Gasteiger partial charge on any atom is -0.479 e. The fraction of sp³-hybridized carbons (Fsp3) is 0.250. The number of hydrogen-bond donors (Lipinski definition) is 3. The number of rotatable bonds is 2. The van der Waals surface area contributed by atoms with Crippen molar-refractivity contribution in [2.45, 2.75) is 12.5 Å². The van der Waals surface area contributed by atoms with Crippen LogP contribution in [-0.4, -0.2) is 27.7 Å². The highest BCUT2D eigenvalue weighted by Gasteiger charge is 2.31. The fourth-order valence-corrected chi connectivity index (χ4v) is 0.846. The zero-order chi connectivity index (χ0) is 10.1. The first-order valence-electron chi connectivity index (χ1n) is 3.59. The van der Waals surface area contributed by atoms with Crippen LogP contribution in [0.2, 0.25) is 0 Å². The number of carboxylic acid groups (broad SMARTS) is 2. The Kier molecular flexibility index (Phi) is 2.10. The number of carboxylic acids is 2. The summed E-state index contributed by atoms with van der Waals surface area (Å²) in [6, 6.07) is 0. The molecule has 3 N–H and O–H groups in total. The molecule has 1 heterocycles. The third-order valence-electron chi connectivity index (χ3n) is 1.81. The quantitative estimate of drug-likeness (QED) is 0.559. The van der Waals surface area contributed by atoms with Crippen LogP contribution in [0.4, 0.5) is 0 Å². The zero-order valence-electron chi connectivity index (χ0n) is 6.94. The van der Waals surface area contributed by atoms with E-state index in [1.54, 1.807) is 0 Å². The standard InChI is InChI=1S/C8H9NO4/c1-8(7(12)13)3-2-5(4-9-8)6(10)11/h2-4,9H,1H3,(H,10,11)(H,12,13). The third-order valence-corrected chi connectivity index (χ3v) is 1.81. The van der Waals surface area contributed by atoms with E-state index in [2.05, 4.69) is 5.32 Å². The Hall–Kier alpha value is -1.78. The van der Waals surface area contributed by atoms with Crippen LogP contribution in [-0.2, 0) is 9.59 Å². The summed E-state index contributed by atoms with van der Waals surface area (Å²) >= 11 is 0. The minimum atomic E-state index is -1.21. The first kappa shape index (κ1) is 9.31. The maximum atomic E-state index is 10.7. The average molecular weight is 183 g/mol. The molecule has 0 saturated heterocycles. The molecule has 0 aromatic rings. The molecule has 0 saturated carbocycles. The Balaban J connectivity index is 2.85. The van der Waals surface area contributed by atoms with Crippen LogP contribution in [0.3, 0.4) is 0 Å². The molecular formula is C8H9NO4. The predicted molar refractivity (Wildman–Crippen MR) is 44.0 cm³/mol. The molecule has 5 heteroatoms. The van der Waals surface area contributed by atoms with E-state index in [1.807, 2.05) is 0 Å². The lowest BCUT2D eigenvalue weighted by Crippen LogP contribution is -2.46. The predicted octanol–water partition coefficient (Wildman–Crippen LogP) is -0.0424. The third kappa shape index (κ3) is 1.69. The average Bonchev–Trinajstić information content (AvgIpc) is 2.04. The van der Waals surface area contributed by atoms with Gasteiger partial charge in [0.05, 0.1) is 5.57 Å². The highest BCUT2D eigenvalue weighted by molar-refractivity contribution is 5.91. The highest BCUT2D eigenvalue weighted by Crippen LogP contribution is 2.13. The summed E-state index contributed by atoms with van der Waals surface area (Å²) in [6.45, 7) is 1.45. The van der Waals surface area contributed by atoms with Gasteiger partial charge in [0, 0.05) is 6.20 Å². The summed E-state index contributed by atoms with van der Waals surface area (Å²) in [5, 5.41) is 19.8. The van der Waals surface area contributed by atoms with Gasteiger partial charge in [0.2, 0.25) is 0 Å². The van der Waals surface area contributed by atoms with E-state index in [1.165, 1.54) is 25.3 Å². The molecule has 0 bridgehead atoms. The molecule has 0 amide bonds. The van der Waals surface area contributed by atoms with Gasteiger partial charge in [0.25, 0.3) is 0 Å². The van der Waals surface area contributed by atoms with Crippen LogP contribution in [0.25, 0.3) is 0 Å². The van der Waals surface area contributed by atoms with E-state index in [9.17, 15) is 9.59 Å². The Morgan fingerprint density at radius 2 is 2.08 bits per heavy atom. The van der Waals surface area contributed by atoms with Gasteiger partial charge in [-0.1, -0.05) is 0 Å². The van der Waals surface area contributed by atoms with Gasteiger partial charge in [0.1, 0.15) is 0 Å². The molecule has 0 aromatic heterocycles. The van der Waals surface area contributed by atoms with Crippen molar-refractivity contribution >= 4 is 11.9 Å². The lowest BCUT2D eigenvalue weighted by molar-refractivity contribution is -0.142. The first-order valence-corrected chi connectivity index (χ1v) is 3.59. The summed E-state index contributed by atoms with van der Waals surface area (Å²) in [4.78, 5) is 21.1. The highest BCUT2D eigenvalue weighted by atomic mass is 16.4. The molecule has 1 aliphatic heterocycles. The number of nitrogens with one attached hydrogen (secondary N) is 1. The van der Waals surface area contributed by atoms with Crippen molar-refractivity contribution in [3.8, 4) is 0 Å². The Morgan fingerprint density at radius 3 is 2.38 bits per heavy atom. The van der Waals surface area contributed by atoms with Crippen LogP contribution in [0, 0.1) is 0 Å². The van der Waals surface area contributed by atoms with Gasteiger partial charge in [-0.25, -0.2) is 9.59 Å². The van der Waals surface area contributed by atoms with Crippen molar-refractivity contribution in [2.24, 2.45) is 0 Å². The summed E-state index contributed by atoms with van der Waals surface area (Å²) in [7, 11) is 0. The first-order chi connectivity index (χ1) is 5.96. The Labute approximate surface area is 74.4 Å². The van der Waals surface area contributed by atoms with Gasteiger partial charge in [-0.05, 0) is 19.1 Å². The summed E-state index contributed by atoms with van der Waals surface area (Å²) in [5.74, 6) is -2.14. The van der Waals surface area contributed by atoms with Crippen LogP contribution >= 0.6 is 0 Å². The van der Waals surface area contributed by atoms with E-state index >= 15 is 0 Å². The van der Waals surface area contributed by atoms with Crippen LogP contribution in [0.15, 0.2) is 23.9 Å². The number of hydrogen-bond acceptors (Lipinski definition) is 3. The van der Waals surface area contributed by atoms with E-state index in [4.69, 9.17) is 10.2 Å². The van der Waals surface area contributed by atoms with Crippen molar-refractivity contribution in [3.63, 3.8) is 0 Å². The normalized spacial score (nSPS) is 26.1. The Morgan fingerprint density at radius 1 is 1.46 bits per heavy atom. The van der Waals surface area contributed by atoms with Crippen LogP contribution in [0.1, 0.15) is 6.92 Å². The van der Waals surface area contributed by atoms with Crippen LogP contribution in [0.5, 0.6) is 0 Å². The van der Waals surface area contributed by atoms with Crippen molar-refractivity contribution in [2.75, 3.05) is 0 Å². The number of dihydropyridines is 1. The second-order valence-corrected chi connectivity index (χ2v) is 2.89. The maximum absolute atomic E-state index is 10.7. The van der Waals surface area contributed by atoms with E-state index in [-0.39, 0.29) is 5.57 Å². The van der Waals surface area contributed by atoms with Gasteiger partial charge in [-0.3, -0.25) is 0 Å². The van der Waals surface area contributed by atoms with Gasteiger partial charge < -0.3 is 15.5 Å². The fourth-order valence-electron chi connectivity index (χ4n) is 0.846. The molecule has 5 nitrogen and oxygen atoms in total. The van der Waals surface area contributed by atoms with Gasteiger partial charge in [0.15, 0.2) is 5.54 Å². The molecular weight excluding hydrogens is 174 g/mol. The van der Waals surface area contributed by atoms with Crippen molar-refractivity contribution in [3.05, 3.63) is 23.9 Å². The molecule has 1 aliphatic rings. The van der Waals surface area contributed by atoms with Crippen molar-refractivity contribution in [1.29, 1.82) is 0 Å². The largest absolute Gasteiger partial charge is 0.479 e. The second-order valence-electron chi connectivity index (χ2n) is 2.89. The molecule has 1 atom stereocenters. The molecule has 1 rings (SSSR count). The molecule has 0 spiro atoms. The van der Waals surface area contributed by atoms with Crippen molar-refractivity contribution < 1.29 is 19.8 Å². The van der Waals surface area contributed by atoms with Crippen LogP contribution < -0.4 is 5.32 Å². The zero-order valence-corrected chi connectivity index (χ0v) is 6.94. The lowest BCUT2D eigenvalue weighted by atomic mass is 9.98. The summed E-state index contributed by atoms with van der Waals surface area (Å²) < 4.78 is 0. The summed E-state index contributed by atoms with van der Waals surface area (Å²) in [6.07, 6.45) is 3.75. The number of carbonyl (C=O) groups is 2. The molecule has 0 aromatic carbocycles. The van der Waals surface area contributed by atoms with Gasteiger partial charge in [-0.15, -0.1) is 0 Å². The minimum absolute atomic E-state index is 0.0405. The maximum Gasteiger partial charge on any atom is 0.337 e. The van der Waals surface area contributed by atoms with E-state index in [0.717, 1.165) is 0 Å². The Bertz CT molecular complexity index is 318. The van der Waals surface area contributed by atoms with Gasteiger partial charge >= 0.3 is 11.9 Å².